The number of ether oxygens (including phenoxy) is 1. The molecule has 3 nitrogen and oxygen atoms in total. The summed E-state index contributed by atoms with van der Waals surface area (Å²) in [7, 11) is 0. The standard InChI is InChI=1S/C12H17ClN2OS/c1-3-16-8(2)7-15-11-6-9(13)4-5-10(11)12(14)17/h4-6,8,15H,3,7H2,1-2H3,(H2,14,17). The molecule has 0 bridgehead atoms. The van der Waals surface area contributed by atoms with Gasteiger partial charge in [0.2, 0.25) is 0 Å². The van der Waals surface area contributed by atoms with Crippen LogP contribution in [0.5, 0.6) is 0 Å². The van der Waals surface area contributed by atoms with Crippen LogP contribution in [-0.4, -0.2) is 24.2 Å². The Hall–Kier alpha value is -0.840. The summed E-state index contributed by atoms with van der Waals surface area (Å²) < 4.78 is 5.43. The van der Waals surface area contributed by atoms with Crippen LogP contribution in [0.2, 0.25) is 5.02 Å². The molecule has 3 N–H and O–H groups in total. The third kappa shape index (κ3) is 4.50. The molecule has 0 aromatic heterocycles. The van der Waals surface area contributed by atoms with Gasteiger partial charge in [0.05, 0.1) is 6.10 Å². The molecule has 5 heteroatoms. The van der Waals surface area contributed by atoms with Crippen molar-refractivity contribution in [3.05, 3.63) is 28.8 Å². The maximum Gasteiger partial charge on any atom is 0.106 e. The van der Waals surface area contributed by atoms with Crippen LogP contribution in [0.15, 0.2) is 18.2 Å². The van der Waals surface area contributed by atoms with Gasteiger partial charge in [-0.15, -0.1) is 0 Å². The Bertz CT molecular complexity index is 398. The number of hydrogen-bond donors (Lipinski definition) is 2. The maximum absolute atomic E-state index is 5.94. The summed E-state index contributed by atoms with van der Waals surface area (Å²) >= 11 is 10.9. The highest BCUT2D eigenvalue weighted by Crippen LogP contribution is 2.21. The molecule has 0 radical (unpaired) electrons. The number of anilines is 1. The molecule has 0 aliphatic rings. The number of nitrogens with two attached hydrogens (primary N) is 1. The van der Waals surface area contributed by atoms with Crippen molar-refractivity contribution in [1.82, 2.24) is 0 Å². The molecule has 17 heavy (non-hydrogen) atoms. The van der Waals surface area contributed by atoms with Crippen molar-refractivity contribution in [3.8, 4) is 0 Å². The van der Waals surface area contributed by atoms with Crippen LogP contribution in [0.4, 0.5) is 5.69 Å². The number of hydrogen-bond acceptors (Lipinski definition) is 3. The summed E-state index contributed by atoms with van der Waals surface area (Å²) in [6.45, 7) is 5.35. The minimum absolute atomic E-state index is 0.123. The molecular weight excluding hydrogens is 256 g/mol. The van der Waals surface area contributed by atoms with Gasteiger partial charge in [0.25, 0.3) is 0 Å². The maximum atomic E-state index is 5.94. The fourth-order valence-corrected chi connectivity index (χ4v) is 1.82. The number of rotatable bonds is 6. The predicted molar refractivity (Wildman–Crippen MR) is 76.9 cm³/mol. The molecule has 94 valence electrons. The Morgan fingerprint density at radius 3 is 2.88 bits per heavy atom. The van der Waals surface area contributed by atoms with Gasteiger partial charge in [0, 0.05) is 29.4 Å². The Kier molecular flexibility index (Phi) is 5.68. The lowest BCUT2D eigenvalue weighted by Gasteiger charge is -2.16. The first-order chi connectivity index (χ1) is 8.04. The van der Waals surface area contributed by atoms with Gasteiger partial charge in [0.15, 0.2) is 0 Å². The van der Waals surface area contributed by atoms with Gasteiger partial charge in [-0.25, -0.2) is 0 Å². The summed E-state index contributed by atoms with van der Waals surface area (Å²) in [4.78, 5) is 0.355. The molecule has 0 fully saturated rings. The van der Waals surface area contributed by atoms with Gasteiger partial charge in [-0.1, -0.05) is 23.8 Å². The van der Waals surface area contributed by atoms with E-state index in [1.54, 1.807) is 6.07 Å². The summed E-state index contributed by atoms with van der Waals surface area (Å²) in [5.41, 5.74) is 7.29. The zero-order chi connectivity index (χ0) is 12.8. The second kappa shape index (κ2) is 6.79. The highest BCUT2D eigenvalue weighted by molar-refractivity contribution is 7.80. The zero-order valence-electron chi connectivity index (χ0n) is 10.00. The van der Waals surface area contributed by atoms with E-state index in [0.29, 0.717) is 23.2 Å². The lowest BCUT2D eigenvalue weighted by Crippen LogP contribution is -2.21. The Morgan fingerprint density at radius 2 is 2.29 bits per heavy atom. The van der Waals surface area contributed by atoms with E-state index in [0.717, 1.165) is 11.3 Å². The van der Waals surface area contributed by atoms with Gasteiger partial charge < -0.3 is 15.8 Å². The van der Waals surface area contributed by atoms with E-state index in [-0.39, 0.29) is 6.10 Å². The molecule has 0 heterocycles. The minimum Gasteiger partial charge on any atom is -0.389 e. The van der Waals surface area contributed by atoms with Gasteiger partial charge in [-0.2, -0.15) is 0 Å². The van der Waals surface area contributed by atoms with E-state index < -0.39 is 0 Å². The molecule has 0 saturated carbocycles. The first kappa shape index (κ1) is 14.2. The van der Waals surface area contributed by atoms with Gasteiger partial charge in [0.1, 0.15) is 4.99 Å². The molecule has 0 saturated heterocycles. The summed E-state index contributed by atoms with van der Waals surface area (Å²) in [5, 5.41) is 3.89. The van der Waals surface area contributed by atoms with E-state index in [1.807, 2.05) is 26.0 Å². The predicted octanol–water partition coefficient (Wildman–Crippen LogP) is 2.81. The van der Waals surface area contributed by atoms with Crippen molar-refractivity contribution >= 4 is 34.5 Å². The molecule has 0 spiro atoms. The van der Waals surface area contributed by atoms with Crippen LogP contribution in [0.3, 0.4) is 0 Å². The molecule has 1 aromatic carbocycles. The number of nitrogens with one attached hydrogen (secondary N) is 1. The average molecular weight is 273 g/mol. The number of thiocarbonyl (C=S) groups is 1. The van der Waals surface area contributed by atoms with Crippen LogP contribution in [0.25, 0.3) is 0 Å². The smallest absolute Gasteiger partial charge is 0.106 e. The SMILES string of the molecule is CCOC(C)CNc1cc(Cl)ccc1C(N)=S. The lowest BCUT2D eigenvalue weighted by molar-refractivity contribution is 0.0855. The molecule has 0 aliphatic carbocycles. The summed E-state index contributed by atoms with van der Waals surface area (Å²) in [6, 6.07) is 5.40. The quantitative estimate of drug-likeness (QED) is 0.782. The zero-order valence-corrected chi connectivity index (χ0v) is 11.6. The molecule has 1 unspecified atom stereocenters. The Balaban J connectivity index is 2.75. The van der Waals surface area contributed by atoms with E-state index in [2.05, 4.69) is 5.32 Å². The molecule has 0 amide bonds. The average Bonchev–Trinajstić information content (AvgIpc) is 2.26. The van der Waals surface area contributed by atoms with Crippen molar-refractivity contribution < 1.29 is 4.74 Å². The highest BCUT2D eigenvalue weighted by atomic mass is 35.5. The lowest BCUT2D eigenvalue weighted by atomic mass is 10.1. The van der Waals surface area contributed by atoms with Crippen LogP contribution in [0.1, 0.15) is 19.4 Å². The van der Waals surface area contributed by atoms with E-state index >= 15 is 0 Å². The van der Waals surface area contributed by atoms with Crippen molar-refractivity contribution in [2.24, 2.45) is 5.73 Å². The van der Waals surface area contributed by atoms with Crippen LogP contribution < -0.4 is 11.1 Å². The van der Waals surface area contributed by atoms with Crippen molar-refractivity contribution in [2.75, 3.05) is 18.5 Å². The van der Waals surface area contributed by atoms with Gasteiger partial charge in [-0.05, 0) is 32.0 Å². The van der Waals surface area contributed by atoms with Crippen molar-refractivity contribution in [2.45, 2.75) is 20.0 Å². The monoisotopic (exact) mass is 272 g/mol. The van der Waals surface area contributed by atoms with E-state index in [9.17, 15) is 0 Å². The first-order valence-corrected chi connectivity index (χ1v) is 6.28. The molecule has 1 aromatic rings. The summed E-state index contributed by atoms with van der Waals surface area (Å²) in [5.74, 6) is 0. The fraction of sp³-hybridized carbons (Fsp3) is 0.417. The number of halogens is 1. The molecule has 1 rings (SSSR count). The normalized spacial score (nSPS) is 12.2. The molecule has 1 atom stereocenters. The fourth-order valence-electron chi connectivity index (χ4n) is 1.47. The Morgan fingerprint density at radius 1 is 1.59 bits per heavy atom. The highest BCUT2D eigenvalue weighted by Gasteiger charge is 2.07. The van der Waals surface area contributed by atoms with Crippen molar-refractivity contribution in [1.29, 1.82) is 0 Å². The molecular formula is C12H17ClN2OS. The van der Waals surface area contributed by atoms with Crippen molar-refractivity contribution in [3.63, 3.8) is 0 Å². The molecule has 0 aliphatic heterocycles. The van der Waals surface area contributed by atoms with Gasteiger partial charge >= 0.3 is 0 Å². The van der Waals surface area contributed by atoms with E-state index in [4.69, 9.17) is 34.3 Å². The summed E-state index contributed by atoms with van der Waals surface area (Å²) in [6.07, 6.45) is 0.123. The Labute approximate surface area is 112 Å². The first-order valence-electron chi connectivity index (χ1n) is 5.49. The third-order valence-electron chi connectivity index (χ3n) is 2.28. The minimum atomic E-state index is 0.123. The van der Waals surface area contributed by atoms with Crippen LogP contribution in [0, 0.1) is 0 Å². The second-order valence-corrected chi connectivity index (χ2v) is 4.58. The largest absolute Gasteiger partial charge is 0.389 e. The number of benzene rings is 1. The topological polar surface area (TPSA) is 47.3 Å². The third-order valence-corrected chi connectivity index (χ3v) is 2.73. The van der Waals surface area contributed by atoms with Crippen LogP contribution >= 0.6 is 23.8 Å². The van der Waals surface area contributed by atoms with E-state index in [1.165, 1.54) is 0 Å². The van der Waals surface area contributed by atoms with Crippen LogP contribution in [-0.2, 0) is 4.74 Å². The van der Waals surface area contributed by atoms with Gasteiger partial charge in [-0.3, -0.25) is 0 Å². The second-order valence-electron chi connectivity index (χ2n) is 3.70.